The Morgan fingerprint density at radius 3 is 2.79 bits per heavy atom. The second-order valence-corrected chi connectivity index (χ2v) is 4.68. The third kappa shape index (κ3) is 2.90. The molecular formula is C13H15FN2O3. The summed E-state index contributed by atoms with van der Waals surface area (Å²) in [7, 11) is 0. The maximum Gasteiger partial charge on any atom is 0.337 e. The summed E-state index contributed by atoms with van der Waals surface area (Å²) in [5, 5.41) is 14.6. The Kier molecular flexibility index (Phi) is 3.80. The maximum absolute atomic E-state index is 13.0. The van der Waals surface area contributed by atoms with E-state index in [4.69, 9.17) is 5.11 Å². The Balaban J connectivity index is 2.19. The zero-order chi connectivity index (χ0) is 14.0. The SMILES string of the molecule is CC1CCNC1C(=O)Nc1ccc(F)cc1C(=O)O. The Hall–Kier alpha value is -1.95. The smallest absolute Gasteiger partial charge is 0.337 e. The molecule has 2 unspecified atom stereocenters. The summed E-state index contributed by atoms with van der Waals surface area (Å²) in [4.78, 5) is 23.0. The molecule has 6 heteroatoms. The van der Waals surface area contributed by atoms with Gasteiger partial charge in [-0.05, 0) is 37.1 Å². The Labute approximate surface area is 109 Å². The first-order valence-corrected chi connectivity index (χ1v) is 6.06. The van der Waals surface area contributed by atoms with Crippen molar-refractivity contribution in [3.05, 3.63) is 29.6 Å². The number of amides is 1. The van der Waals surface area contributed by atoms with Crippen molar-refractivity contribution < 1.29 is 19.1 Å². The number of carbonyl (C=O) groups excluding carboxylic acids is 1. The van der Waals surface area contributed by atoms with E-state index in [0.29, 0.717) is 0 Å². The Bertz CT molecular complexity index is 519. The van der Waals surface area contributed by atoms with Crippen molar-refractivity contribution >= 4 is 17.6 Å². The van der Waals surface area contributed by atoms with Gasteiger partial charge < -0.3 is 15.7 Å². The number of anilines is 1. The van der Waals surface area contributed by atoms with E-state index < -0.39 is 11.8 Å². The van der Waals surface area contributed by atoms with Gasteiger partial charge in [-0.1, -0.05) is 6.92 Å². The largest absolute Gasteiger partial charge is 0.478 e. The van der Waals surface area contributed by atoms with Crippen LogP contribution >= 0.6 is 0 Å². The first-order chi connectivity index (χ1) is 8.99. The highest BCUT2D eigenvalue weighted by atomic mass is 19.1. The van der Waals surface area contributed by atoms with Crippen LogP contribution in [0.4, 0.5) is 10.1 Å². The van der Waals surface area contributed by atoms with Crippen LogP contribution in [0, 0.1) is 11.7 Å². The number of carboxylic acids is 1. The first-order valence-electron chi connectivity index (χ1n) is 6.06. The molecule has 1 aliphatic rings. The molecule has 2 atom stereocenters. The Morgan fingerprint density at radius 2 is 2.21 bits per heavy atom. The predicted octanol–water partition coefficient (Wildman–Crippen LogP) is 1.46. The second kappa shape index (κ2) is 5.36. The van der Waals surface area contributed by atoms with Gasteiger partial charge in [-0.25, -0.2) is 9.18 Å². The minimum Gasteiger partial charge on any atom is -0.478 e. The van der Waals surface area contributed by atoms with Gasteiger partial charge in [-0.2, -0.15) is 0 Å². The molecule has 19 heavy (non-hydrogen) atoms. The van der Waals surface area contributed by atoms with E-state index >= 15 is 0 Å². The molecule has 0 spiro atoms. The molecule has 1 heterocycles. The molecule has 1 aliphatic heterocycles. The van der Waals surface area contributed by atoms with Crippen LogP contribution in [0.1, 0.15) is 23.7 Å². The fourth-order valence-electron chi connectivity index (χ4n) is 2.20. The van der Waals surface area contributed by atoms with Crippen LogP contribution in [0.25, 0.3) is 0 Å². The summed E-state index contributed by atoms with van der Waals surface area (Å²) in [6.45, 7) is 2.71. The van der Waals surface area contributed by atoms with Crippen LogP contribution in [-0.2, 0) is 4.79 Å². The van der Waals surface area contributed by atoms with Crippen LogP contribution in [0.15, 0.2) is 18.2 Å². The highest BCUT2D eigenvalue weighted by Crippen LogP contribution is 2.20. The average molecular weight is 266 g/mol. The fourth-order valence-corrected chi connectivity index (χ4v) is 2.20. The molecule has 3 N–H and O–H groups in total. The lowest BCUT2D eigenvalue weighted by atomic mass is 10.0. The average Bonchev–Trinajstić information content (AvgIpc) is 2.77. The van der Waals surface area contributed by atoms with E-state index in [9.17, 15) is 14.0 Å². The van der Waals surface area contributed by atoms with Gasteiger partial charge in [-0.3, -0.25) is 4.79 Å². The van der Waals surface area contributed by atoms with E-state index in [1.54, 1.807) is 0 Å². The molecule has 1 fully saturated rings. The normalized spacial score (nSPS) is 22.2. The summed E-state index contributed by atoms with van der Waals surface area (Å²) in [5.41, 5.74) is -0.140. The van der Waals surface area contributed by atoms with Crippen LogP contribution in [0.2, 0.25) is 0 Å². The second-order valence-electron chi connectivity index (χ2n) is 4.68. The van der Waals surface area contributed by atoms with E-state index in [1.165, 1.54) is 6.07 Å². The molecular weight excluding hydrogens is 251 g/mol. The zero-order valence-corrected chi connectivity index (χ0v) is 10.4. The van der Waals surface area contributed by atoms with Crippen molar-refractivity contribution in [2.75, 3.05) is 11.9 Å². The molecule has 0 bridgehead atoms. The van der Waals surface area contributed by atoms with Crippen molar-refractivity contribution in [2.24, 2.45) is 5.92 Å². The van der Waals surface area contributed by atoms with Gasteiger partial charge in [0.1, 0.15) is 5.82 Å². The molecule has 1 saturated heterocycles. The number of nitrogens with one attached hydrogen (secondary N) is 2. The summed E-state index contributed by atoms with van der Waals surface area (Å²) >= 11 is 0. The summed E-state index contributed by atoms with van der Waals surface area (Å²) in [6.07, 6.45) is 0.896. The molecule has 0 saturated carbocycles. The number of hydrogen-bond donors (Lipinski definition) is 3. The van der Waals surface area contributed by atoms with Crippen molar-refractivity contribution in [3.63, 3.8) is 0 Å². The topological polar surface area (TPSA) is 78.4 Å². The molecule has 1 amide bonds. The van der Waals surface area contributed by atoms with Gasteiger partial charge >= 0.3 is 5.97 Å². The molecule has 5 nitrogen and oxygen atoms in total. The van der Waals surface area contributed by atoms with Crippen LogP contribution in [0.5, 0.6) is 0 Å². The lowest BCUT2D eigenvalue weighted by molar-refractivity contribution is -0.118. The van der Waals surface area contributed by atoms with E-state index in [0.717, 1.165) is 25.1 Å². The first kappa shape index (κ1) is 13.5. The van der Waals surface area contributed by atoms with Gasteiger partial charge in [-0.15, -0.1) is 0 Å². The standard InChI is InChI=1S/C13H15FN2O3/c1-7-4-5-15-11(7)12(17)16-10-3-2-8(14)6-9(10)13(18)19/h2-3,6-7,11,15H,4-5H2,1H3,(H,16,17)(H,18,19). The van der Waals surface area contributed by atoms with Crippen LogP contribution < -0.4 is 10.6 Å². The minimum atomic E-state index is -1.28. The summed E-state index contributed by atoms with van der Waals surface area (Å²) in [6, 6.07) is 2.93. The molecule has 1 aromatic rings. The molecule has 0 radical (unpaired) electrons. The van der Waals surface area contributed by atoms with E-state index in [2.05, 4.69) is 10.6 Å². The summed E-state index contributed by atoms with van der Waals surface area (Å²) in [5.74, 6) is -2.03. The highest BCUT2D eigenvalue weighted by molar-refractivity contribution is 6.02. The third-order valence-corrected chi connectivity index (χ3v) is 3.29. The molecule has 102 valence electrons. The van der Waals surface area contributed by atoms with Crippen LogP contribution in [0.3, 0.4) is 0 Å². The monoisotopic (exact) mass is 266 g/mol. The number of halogens is 1. The lowest BCUT2D eigenvalue weighted by Crippen LogP contribution is -2.39. The number of carboxylic acid groups (broad SMARTS) is 1. The van der Waals surface area contributed by atoms with Gasteiger partial charge in [0.15, 0.2) is 0 Å². The third-order valence-electron chi connectivity index (χ3n) is 3.29. The van der Waals surface area contributed by atoms with Crippen molar-refractivity contribution in [1.29, 1.82) is 0 Å². The van der Waals surface area contributed by atoms with E-state index in [1.807, 2.05) is 6.92 Å². The zero-order valence-electron chi connectivity index (χ0n) is 10.4. The lowest BCUT2D eigenvalue weighted by Gasteiger charge is -2.16. The van der Waals surface area contributed by atoms with E-state index in [-0.39, 0.29) is 29.1 Å². The van der Waals surface area contributed by atoms with Gasteiger partial charge in [0.05, 0.1) is 17.3 Å². The van der Waals surface area contributed by atoms with Gasteiger partial charge in [0, 0.05) is 0 Å². The summed E-state index contributed by atoms with van der Waals surface area (Å²) < 4.78 is 13.0. The quantitative estimate of drug-likeness (QED) is 0.774. The van der Waals surface area contributed by atoms with Gasteiger partial charge in [0.25, 0.3) is 0 Å². The van der Waals surface area contributed by atoms with Crippen molar-refractivity contribution in [2.45, 2.75) is 19.4 Å². The fraction of sp³-hybridized carbons (Fsp3) is 0.385. The maximum atomic E-state index is 13.0. The Morgan fingerprint density at radius 1 is 1.47 bits per heavy atom. The van der Waals surface area contributed by atoms with Crippen molar-refractivity contribution in [3.8, 4) is 0 Å². The molecule has 1 aromatic carbocycles. The highest BCUT2D eigenvalue weighted by Gasteiger charge is 2.29. The molecule has 2 rings (SSSR count). The molecule has 0 aliphatic carbocycles. The minimum absolute atomic E-state index is 0.111. The number of aromatic carboxylic acids is 1. The van der Waals surface area contributed by atoms with Crippen molar-refractivity contribution in [1.82, 2.24) is 5.32 Å². The number of hydrogen-bond acceptors (Lipinski definition) is 3. The number of benzene rings is 1. The van der Waals surface area contributed by atoms with Gasteiger partial charge in [0.2, 0.25) is 5.91 Å². The number of rotatable bonds is 3. The molecule has 0 aromatic heterocycles. The number of carbonyl (C=O) groups is 2. The van der Waals surface area contributed by atoms with Crippen LogP contribution in [-0.4, -0.2) is 29.6 Å². The predicted molar refractivity (Wildman–Crippen MR) is 67.6 cm³/mol.